The van der Waals surface area contributed by atoms with Crippen LogP contribution in [0, 0.1) is 11.7 Å². The van der Waals surface area contributed by atoms with Gasteiger partial charge in [-0.05, 0) is 43.9 Å². The van der Waals surface area contributed by atoms with Gasteiger partial charge in [-0.15, -0.1) is 12.4 Å². The van der Waals surface area contributed by atoms with E-state index in [1.54, 1.807) is 0 Å². The number of halogens is 5. The standard InChI is InChI=1S/C15H18F4N2O.ClH/c1-9(20)10-3-2-6-21(8-10)14(22)12-7-11(15(17,18)19)4-5-13(12)16;/h4-5,7,9-10H,2-3,6,8,20H2,1H3;1H. The van der Waals surface area contributed by atoms with E-state index in [4.69, 9.17) is 5.73 Å². The van der Waals surface area contributed by atoms with Crippen molar-refractivity contribution in [3.8, 4) is 0 Å². The van der Waals surface area contributed by atoms with Gasteiger partial charge in [0, 0.05) is 19.1 Å². The first-order chi connectivity index (χ1) is 10.2. The predicted octanol–water partition coefficient (Wildman–Crippen LogP) is 3.47. The Morgan fingerprint density at radius 1 is 1.39 bits per heavy atom. The normalized spacial score (nSPS) is 19.9. The average molecular weight is 355 g/mol. The van der Waals surface area contributed by atoms with E-state index in [9.17, 15) is 22.4 Å². The fourth-order valence-electron chi connectivity index (χ4n) is 2.66. The monoisotopic (exact) mass is 354 g/mol. The van der Waals surface area contributed by atoms with E-state index in [2.05, 4.69) is 0 Å². The molecule has 0 radical (unpaired) electrons. The predicted molar refractivity (Wildman–Crippen MR) is 80.9 cm³/mol. The van der Waals surface area contributed by atoms with Crippen LogP contribution in [0.15, 0.2) is 18.2 Å². The van der Waals surface area contributed by atoms with Gasteiger partial charge in [-0.2, -0.15) is 13.2 Å². The van der Waals surface area contributed by atoms with Crippen LogP contribution in [0.5, 0.6) is 0 Å². The van der Waals surface area contributed by atoms with Gasteiger partial charge in [-0.3, -0.25) is 4.79 Å². The molecule has 23 heavy (non-hydrogen) atoms. The lowest BCUT2D eigenvalue weighted by Crippen LogP contribution is -2.45. The number of piperidine rings is 1. The lowest BCUT2D eigenvalue weighted by Gasteiger charge is -2.34. The maximum absolute atomic E-state index is 13.8. The van der Waals surface area contributed by atoms with Crippen molar-refractivity contribution < 1.29 is 22.4 Å². The second-order valence-corrected chi connectivity index (χ2v) is 5.70. The van der Waals surface area contributed by atoms with E-state index < -0.39 is 29.0 Å². The third kappa shape index (κ3) is 4.57. The molecule has 1 aromatic rings. The van der Waals surface area contributed by atoms with Gasteiger partial charge >= 0.3 is 6.18 Å². The van der Waals surface area contributed by atoms with E-state index >= 15 is 0 Å². The number of hydrogen-bond acceptors (Lipinski definition) is 2. The Balaban J connectivity index is 0.00000264. The average Bonchev–Trinajstić information content (AvgIpc) is 2.46. The number of likely N-dealkylation sites (tertiary alicyclic amines) is 1. The number of hydrogen-bond donors (Lipinski definition) is 1. The number of carbonyl (C=O) groups excluding carboxylic acids is 1. The van der Waals surface area contributed by atoms with Gasteiger partial charge in [0.25, 0.3) is 5.91 Å². The first kappa shape index (κ1) is 19.7. The molecule has 0 saturated carbocycles. The molecule has 130 valence electrons. The van der Waals surface area contributed by atoms with Crippen LogP contribution in [0.25, 0.3) is 0 Å². The maximum atomic E-state index is 13.8. The second kappa shape index (κ2) is 7.49. The minimum Gasteiger partial charge on any atom is -0.338 e. The minimum absolute atomic E-state index is 0. The maximum Gasteiger partial charge on any atom is 0.416 e. The molecule has 8 heteroatoms. The Labute approximate surface area is 138 Å². The lowest BCUT2D eigenvalue weighted by molar-refractivity contribution is -0.137. The molecule has 0 spiro atoms. The van der Waals surface area contributed by atoms with Crippen molar-refractivity contribution in [3.05, 3.63) is 35.1 Å². The fourth-order valence-corrected chi connectivity index (χ4v) is 2.66. The summed E-state index contributed by atoms with van der Waals surface area (Å²) in [6.45, 7) is 2.56. The molecule has 2 atom stereocenters. The summed E-state index contributed by atoms with van der Waals surface area (Å²) in [7, 11) is 0. The van der Waals surface area contributed by atoms with Crippen molar-refractivity contribution in [2.45, 2.75) is 32.0 Å². The van der Waals surface area contributed by atoms with Crippen LogP contribution in [-0.2, 0) is 6.18 Å². The number of alkyl halides is 3. The first-order valence-corrected chi connectivity index (χ1v) is 7.11. The summed E-state index contributed by atoms with van der Waals surface area (Å²) in [5.41, 5.74) is 4.25. The first-order valence-electron chi connectivity index (χ1n) is 7.11. The Morgan fingerprint density at radius 3 is 2.61 bits per heavy atom. The highest BCUT2D eigenvalue weighted by Gasteiger charge is 2.33. The lowest BCUT2D eigenvalue weighted by atomic mass is 9.91. The number of amides is 1. The van der Waals surface area contributed by atoms with E-state index in [-0.39, 0.29) is 24.4 Å². The molecule has 1 heterocycles. The third-order valence-electron chi connectivity index (χ3n) is 4.01. The summed E-state index contributed by atoms with van der Waals surface area (Å²) in [6, 6.07) is 1.77. The summed E-state index contributed by atoms with van der Waals surface area (Å²) in [5.74, 6) is -1.58. The minimum atomic E-state index is -4.61. The van der Waals surface area contributed by atoms with E-state index in [0.717, 1.165) is 6.42 Å². The molecule has 0 bridgehead atoms. The zero-order valence-corrected chi connectivity index (χ0v) is 13.4. The SMILES string of the molecule is CC(N)C1CCCN(C(=O)c2cc(C(F)(F)F)ccc2F)C1.Cl. The zero-order valence-electron chi connectivity index (χ0n) is 12.6. The van der Waals surface area contributed by atoms with Crippen LogP contribution in [0.3, 0.4) is 0 Å². The number of rotatable bonds is 2. The number of nitrogens with zero attached hydrogens (tertiary/aromatic N) is 1. The highest BCUT2D eigenvalue weighted by atomic mass is 35.5. The molecule has 0 aliphatic carbocycles. The zero-order chi connectivity index (χ0) is 16.5. The van der Waals surface area contributed by atoms with Crippen molar-refractivity contribution in [1.29, 1.82) is 0 Å². The van der Waals surface area contributed by atoms with Gasteiger partial charge in [-0.25, -0.2) is 4.39 Å². The smallest absolute Gasteiger partial charge is 0.338 e. The summed E-state index contributed by atoms with van der Waals surface area (Å²) < 4.78 is 51.9. The van der Waals surface area contributed by atoms with Crippen LogP contribution in [0.1, 0.15) is 35.7 Å². The van der Waals surface area contributed by atoms with Gasteiger partial charge < -0.3 is 10.6 Å². The van der Waals surface area contributed by atoms with Gasteiger partial charge in [0.1, 0.15) is 5.82 Å². The largest absolute Gasteiger partial charge is 0.416 e. The Bertz CT molecular complexity index is 563. The number of benzene rings is 1. The van der Waals surface area contributed by atoms with Gasteiger partial charge in [0.15, 0.2) is 0 Å². The van der Waals surface area contributed by atoms with Crippen LogP contribution in [-0.4, -0.2) is 29.9 Å². The molecule has 1 aromatic carbocycles. The molecule has 1 amide bonds. The summed E-state index contributed by atoms with van der Waals surface area (Å²) in [5, 5.41) is 0. The molecule has 1 saturated heterocycles. The summed E-state index contributed by atoms with van der Waals surface area (Å²) >= 11 is 0. The van der Waals surface area contributed by atoms with Crippen LogP contribution < -0.4 is 5.73 Å². The summed E-state index contributed by atoms with van der Waals surface area (Å²) in [6.07, 6.45) is -3.05. The van der Waals surface area contributed by atoms with E-state index in [0.29, 0.717) is 37.7 Å². The Hall–Kier alpha value is -1.34. The van der Waals surface area contributed by atoms with Crippen molar-refractivity contribution in [3.63, 3.8) is 0 Å². The van der Waals surface area contributed by atoms with Gasteiger partial charge in [-0.1, -0.05) is 0 Å². The molecule has 0 aromatic heterocycles. The molecule has 2 N–H and O–H groups in total. The number of nitrogens with two attached hydrogens (primary N) is 1. The van der Waals surface area contributed by atoms with Crippen LogP contribution in [0.4, 0.5) is 17.6 Å². The van der Waals surface area contributed by atoms with Gasteiger partial charge in [0.05, 0.1) is 11.1 Å². The van der Waals surface area contributed by atoms with Crippen molar-refractivity contribution in [2.75, 3.05) is 13.1 Å². The number of carbonyl (C=O) groups is 1. The fraction of sp³-hybridized carbons (Fsp3) is 0.533. The molecule has 2 unspecified atom stereocenters. The van der Waals surface area contributed by atoms with Gasteiger partial charge in [0.2, 0.25) is 0 Å². The molecular weight excluding hydrogens is 336 g/mol. The Kier molecular flexibility index (Phi) is 6.41. The van der Waals surface area contributed by atoms with E-state index in [1.165, 1.54) is 4.90 Å². The van der Waals surface area contributed by atoms with Crippen molar-refractivity contribution in [1.82, 2.24) is 4.90 Å². The van der Waals surface area contributed by atoms with Crippen LogP contribution in [0.2, 0.25) is 0 Å². The van der Waals surface area contributed by atoms with Crippen molar-refractivity contribution >= 4 is 18.3 Å². The highest BCUT2D eigenvalue weighted by molar-refractivity contribution is 5.94. The topological polar surface area (TPSA) is 46.3 Å². The molecule has 3 nitrogen and oxygen atoms in total. The highest BCUT2D eigenvalue weighted by Crippen LogP contribution is 2.31. The Morgan fingerprint density at radius 2 is 2.04 bits per heavy atom. The molecular formula is C15H19ClF4N2O. The molecule has 1 fully saturated rings. The second-order valence-electron chi connectivity index (χ2n) is 5.70. The van der Waals surface area contributed by atoms with Crippen LogP contribution >= 0.6 is 12.4 Å². The third-order valence-corrected chi connectivity index (χ3v) is 4.01. The summed E-state index contributed by atoms with van der Waals surface area (Å²) in [4.78, 5) is 13.7. The molecule has 1 aliphatic rings. The van der Waals surface area contributed by atoms with E-state index in [1.807, 2.05) is 6.92 Å². The molecule has 2 rings (SSSR count). The molecule has 1 aliphatic heterocycles. The quantitative estimate of drug-likeness (QED) is 0.827. The van der Waals surface area contributed by atoms with Crippen molar-refractivity contribution in [2.24, 2.45) is 11.7 Å².